The summed E-state index contributed by atoms with van der Waals surface area (Å²) in [5.74, 6) is -0.461. The van der Waals surface area contributed by atoms with Crippen LogP contribution in [0.4, 0.5) is 4.39 Å². The van der Waals surface area contributed by atoms with Crippen LogP contribution >= 0.6 is 0 Å². The smallest absolute Gasteiger partial charge is 0.308 e. The van der Waals surface area contributed by atoms with Crippen LogP contribution < -0.4 is 4.74 Å². The minimum Gasteiger partial charge on any atom is -0.493 e. The van der Waals surface area contributed by atoms with Crippen LogP contribution in [0.15, 0.2) is 18.2 Å². The molecular weight excluding hydrogens is 227 g/mol. The second-order valence-corrected chi connectivity index (χ2v) is 3.53. The normalized spacial score (nSPS) is 12.0. The summed E-state index contributed by atoms with van der Waals surface area (Å²) in [6.45, 7) is 1.64. The van der Waals surface area contributed by atoms with Gasteiger partial charge in [0.05, 0.1) is 26.2 Å². The van der Waals surface area contributed by atoms with Gasteiger partial charge in [0, 0.05) is 5.56 Å². The van der Waals surface area contributed by atoms with Crippen molar-refractivity contribution in [1.29, 1.82) is 0 Å². The minimum absolute atomic E-state index is 0.104. The summed E-state index contributed by atoms with van der Waals surface area (Å²) < 4.78 is 22.7. The molecule has 1 aromatic carbocycles. The lowest BCUT2D eigenvalue weighted by atomic mass is 10.1. The van der Waals surface area contributed by atoms with Crippen LogP contribution in [0, 0.1) is 5.82 Å². The molecule has 0 aromatic heterocycles. The lowest BCUT2D eigenvalue weighted by Gasteiger charge is -2.13. The Morgan fingerprint density at radius 2 is 2.24 bits per heavy atom. The third kappa shape index (κ3) is 4.03. The zero-order valence-corrected chi connectivity index (χ0v) is 9.77. The van der Waals surface area contributed by atoms with Crippen LogP contribution in [0.5, 0.6) is 5.75 Å². The SMILES string of the molecule is COC(=O)CCOc1ccc(F)cc1[C@@H](C)O. The number of methoxy groups -OCH3 is 1. The molecule has 0 aliphatic carbocycles. The summed E-state index contributed by atoms with van der Waals surface area (Å²) in [7, 11) is 1.29. The van der Waals surface area contributed by atoms with Crippen molar-refractivity contribution < 1.29 is 23.8 Å². The number of carbonyl (C=O) groups is 1. The standard InChI is InChI=1S/C12H15FO4/c1-8(14)10-7-9(13)3-4-11(10)17-6-5-12(15)16-2/h3-4,7-8,14H,5-6H2,1-2H3/t8-/m1/s1. The van der Waals surface area contributed by atoms with Gasteiger partial charge in [0.1, 0.15) is 11.6 Å². The Labute approximate surface area is 99.0 Å². The largest absolute Gasteiger partial charge is 0.493 e. The molecule has 1 aromatic rings. The number of ether oxygens (including phenoxy) is 2. The molecular formula is C12H15FO4. The third-order valence-electron chi connectivity index (χ3n) is 2.21. The highest BCUT2D eigenvalue weighted by atomic mass is 19.1. The summed E-state index contributed by atoms with van der Waals surface area (Å²) in [5.41, 5.74) is 0.356. The van der Waals surface area contributed by atoms with Gasteiger partial charge < -0.3 is 14.6 Å². The summed E-state index contributed by atoms with van der Waals surface area (Å²) >= 11 is 0. The van der Waals surface area contributed by atoms with E-state index in [0.29, 0.717) is 11.3 Å². The molecule has 4 nitrogen and oxygen atoms in total. The molecule has 0 radical (unpaired) electrons. The van der Waals surface area contributed by atoms with E-state index >= 15 is 0 Å². The zero-order valence-electron chi connectivity index (χ0n) is 9.77. The number of hydrogen-bond acceptors (Lipinski definition) is 4. The first-order valence-corrected chi connectivity index (χ1v) is 5.21. The average molecular weight is 242 g/mol. The number of halogens is 1. The van der Waals surface area contributed by atoms with Gasteiger partial charge in [-0.2, -0.15) is 0 Å². The molecule has 0 aliphatic rings. The number of hydrogen-bond donors (Lipinski definition) is 1. The van der Waals surface area contributed by atoms with E-state index < -0.39 is 11.9 Å². The van der Waals surface area contributed by atoms with E-state index in [9.17, 15) is 14.3 Å². The average Bonchev–Trinajstić information content (AvgIpc) is 2.30. The van der Waals surface area contributed by atoms with E-state index in [-0.39, 0.29) is 19.0 Å². The van der Waals surface area contributed by atoms with Gasteiger partial charge in [0.15, 0.2) is 0 Å². The van der Waals surface area contributed by atoms with Gasteiger partial charge in [0.25, 0.3) is 0 Å². The van der Waals surface area contributed by atoms with Gasteiger partial charge in [-0.1, -0.05) is 0 Å². The first-order valence-electron chi connectivity index (χ1n) is 5.21. The number of rotatable bonds is 5. The van der Waals surface area contributed by atoms with Crippen LogP contribution in [-0.4, -0.2) is 24.8 Å². The molecule has 0 amide bonds. The highest BCUT2D eigenvalue weighted by Gasteiger charge is 2.11. The molecule has 0 heterocycles. The Morgan fingerprint density at radius 3 is 2.82 bits per heavy atom. The van der Waals surface area contributed by atoms with Crippen LogP contribution in [0.2, 0.25) is 0 Å². The quantitative estimate of drug-likeness (QED) is 0.800. The fourth-order valence-corrected chi connectivity index (χ4v) is 1.32. The maximum atomic E-state index is 13.0. The highest BCUT2D eigenvalue weighted by Crippen LogP contribution is 2.25. The van der Waals surface area contributed by atoms with Crippen molar-refractivity contribution in [3.8, 4) is 5.75 Å². The van der Waals surface area contributed by atoms with E-state index in [1.807, 2.05) is 0 Å². The number of esters is 1. The van der Waals surface area contributed by atoms with Crippen molar-refractivity contribution in [1.82, 2.24) is 0 Å². The number of aliphatic hydroxyl groups is 1. The van der Waals surface area contributed by atoms with Crippen molar-refractivity contribution in [3.63, 3.8) is 0 Å². The molecule has 0 bridgehead atoms. The van der Waals surface area contributed by atoms with Gasteiger partial charge in [-0.15, -0.1) is 0 Å². The van der Waals surface area contributed by atoms with Crippen molar-refractivity contribution in [2.24, 2.45) is 0 Å². The van der Waals surface area contributed by atoms with Gasteiger partial charge in [-0.3, -0.25) is 4.79 Å². The summed E-state index contributed by atoms with van der Waals surface area (Å²) in [6, 6.07) is 3.87. The maximum Gasteiger partial charge on any atom is 0.308 e. The Balaban J connectivity index is 2.67. The first kappa shape index (κ1) is 13.4. The Morgan fingerprint density at radius 1 is 1.53 bits per heavy atom. The molecule has 1 atom stereocenters. The second kappa shape index (κ2) is 6.20. The molecule has 5 heteroatoms. The molecule has 1 rings (SSSR count). The lowest BCUT2D eigenvalue weighted by Crippen LogP contribution is -2.09. The fourth-order valence-electron chi connectivity index (χ4n) is 1.32. The third-order valence-corrected chi connectivity index (χ3v) is 2.21. The predicted octanol–water partition coefficient (Wildman–Crippen LogP) is 1.82. The van der Waals surface area contributed by atoms with Crippen LogP contribution in [-0.2, 0) is 9.53 Å². The van der Waals surface area contributed by atoms with E-state index in [2.05, 4.69) is 4.74 Å². The van der Waals surface area contributed by atoms with E-state index in [1.54, 1.807) is 0 Å². The second-order valence-electron chi connectivity index (χ2n) is 3.53. The molecule has 0 saturated heterocycles. The maximum absolute atomic E-state index is 13.0. The first-order chi connectivity index (χ1) is 8.04. The van der Waals surface area contributed by atoms with Crippen molar-refractivity contribution in [2.45, 2.75) is 19.4 Å². The predicted molar refractivity (Wildman–Crippen MR) is 59.2 cm³/mol. The summed E-state index contributed by atoms with van der Waals surface area (Å²) in [5, 5.41) is 9.45. The lowest BCUT2D eigenvalue weighted by molar-refractivity contribution is -0.141. The van der Waals surface area contributed by atoms with Gasteiger partial charge in [-0.25, -0.2) is 4.39 Å². The Bertz CT molecular complexity index is 390. The van der Waals surface area contributed by atoms with Crippen LogP contribution in [0.1, 0.15) is 25.0 Å². The molecule has 17 heavy (non-hydrogen) atoms. The van der Waals surface area contributed by atoms with E-state index in [4.69, 9.17) is 4.74 Å². The van der Waals surface area contributed by atoms with Crippen LogP contribution in [0.3, 0.4) is 0 Å². The van der Waals surface area contributed by atoms with Crippen molar-refractivity contribution in [2.75, 3.05) is 13.7 Å². The Hall–Kier alpha value is -1.62. The number of benzene rings is 1. The molecule has 0 unspecified atom stereocenters. The number of aliphatic hydroxyl groups excluding tert-OH is 1. The van der Waals surface area contributed by atoms with E-state index in [1.165, 1.54) is 32.2 Å². The Kier molecular flexibility index (Phi) is 4.90. The van der Waals surface area contributed by atoms with Crippen molar-refractivity contribution in [3.05, 3.63) is 29.6 Å². The summed E-state index contributed by atoms with van der Waals surface area (Å²) in [4.78, 5) is 10.9. The van der Waals surface area contributed by atoms with Gasteiger partial charge >= 0.3 is 5.97 Å². The highest BCUT2D eigenvalue weighted by molar-refractivity contribution is 5.69. The molecule has 0 spiro atoms. The molecule has 1 N–H and O–H groups in total. The molecule has 0 saturated carbocycles. The summed E-state index contributed by atoms with van der Waals surface area (Å²) in [6.07, 6.45) is -0.730. The molecule has 0 fully saturated rings. The molecule has 0 aliphatic heterocycles. The van der Waals surface area contributed by atoms with Gasteiger partial charge in [0.2, 0.25) is 0 Å². The zero-order chi connectivity index (χ0) is 12.8. The fraction of sp³-hybridized carbons (Fsp3) is 0.417. The topological polar surface area (TPSA) is 55.8 Å². The van der Waals surface area contributed by atoms with E-state index in [0.717, 1.165) is 0 Å². The number of carbonyl (C=O) groups excluding carboxylic acids is 1. The van der Waals surface area contributed by atoms with Crippen LogP contribution in [0.25, 0.3) is 0 Å². The minimum atomic E-state index is -0.834. The monoisotopic (exact) mass is 242 g/mol. The molecule has 94 valence electrons. The van der Waals surface area contributed by atoms with Gasteiger partial charge in [-0.05, 0) is 25.1 Å². The van der Waals surface area contributed by atoms with Crippen molar-refractivity contribution >= 4 is 5.97 Å².